The van der Waals surface area contributed by atoms with Crippen molar-refractivity contribution in [3.05, 3.63) is 34.9 Å². The Morgan fingerprint density at radius 3 is 2.63 bits per heavy atom. The summed E-state index contributed by atoms with van der Waals surface area (Å²) >= 11 is 5.90. The summed E-state index contributed by atoms with van der Waals surface area (Å²) in [5, 5.41) is 7.52. The van der Waals surface area contributed by atoms with E-state index in [2.05, 4.69) is 22.5 Å². The van der Waals surface area contributed by atoms with Crippen molar-refractivity contribution in [3.63, 3.8) is 0 Å². The zero-order valence-corrected chi connectivity index (χ0v) is 12.4. The predicted octanol–water partition coefficient (Wildman–Crippen LogP) is 3.37. The summed E-state index contributed by atoms with van der Waals surface area (Å²) in [5.74, 6) is 1.81. The van der Waals surface area contributed by atoms with Gasteiger partial charge in [-0.1, -0.05) is 36.6 Å². The lowest BCUT2D eigenvalue weighted by molar-refractivity contribution is 0.653. The molecule has 1 aromatic rings. The molecule has 2 N–H and O–H groups in total. The fraction of sp³-hybridized carbons (Fsp3) is 0.533. The lowest BCUT2D eigenvalue weighted by atomic mass is 10.1. The molecule has 0 aliphatic heterocycles. The van der Waals surface area contributed by atoms with E-state index in [1.807, 2.05) is 24.3 Å². The minimum Gasteiger partial charge on any atom is -0.356 e. The highest BCUT2D eigenvalue weighted by molar-refractivity contribution is 6.30. The molecule has 1 aliphatic carbocycles. The van der Waals surface area contributed by atoms with E-state index >= 15 is 0 Å². The number of hydrogen-bond acceptors (Lipinski definition) is 1. The van der Waals surface area contributed by atoms with Crippen LogP contribution >= 0.6 is 11.6 Å². The molecule has 3 nitrogen and oxygen atoms in total. The highest BCUT2D eigenvalue weighted by Crippen LogP contribution is 2.31. The van der Waals surface area contributed by atoms with Crippen LogP contribution in [0.1, 0.15) is 37.8 Å². The summed E-state index contributed by atoms with van der Waals surface area (Å²) in [7, 11) is 1.81. The number of nitrogens with one attached hydrogen (secondary N) is 2. The normalized spacial score (nSPS) is 17.1. The molecule has 1 aromatic carbocycles. The van der Waals surface area contributed by atoms with Gasteiger partial charge < -0.3 is 10.6 Å². The zero-order chi connectivity index (χ0) is 13.7. The van der Waals surface area contributed by atoms with E-state index in [0.29, 0.717) is 0 Å². The molecule has 0 saturated heterocycles. The average molecular weight is 280 g/mol. The van der Waals surface area contributed by atoms with E-state index in [0.717, 1.165) is 23.4 Å². The highest BCUT2D eigenvalue weighted by Gasteiger charge is 2.20. The van der Waals surface area contributed by atoms with Gasteiger partial charge in [0, 0.05) is 18.6 Å². The molecule has 0 amide bonds. The van der Waals surface area contributed by atoms with Crippen LogP contribution in [-0.4, -0.2) is 19.6 Å². The van der Waals surface area contributed by atoms with E-state index in [9.17, 15) is 0 Å². The van der Waals surface area contributed by atoms with Crippen molar-refractivity contribution in [2.24, 2.45) is 10.9 Å². The maximum Gasteiger partial charge on any atom is 0.191 e. The van der Waals surface area contributed by atoms with Crippen LogP contribution < -0.4 is 10.6 Å². The first-order chi connectivity index (χ1) is 9.19. The van der Waals surface area contributed by atoms with E-state index in [-0.39, 0.29) is 6.04 Å². The number of aliphatic imine (C=N–C) groups is 1. The van der Waals surface area contributed by atoms with Crippen LogP contribution in [0.25, 0.3) is 0 Å². The number of rotatable bonds is 5. The third-order valence-corrected chi connectivity index (χ3v) is 3.74. The zero-order valence-electron chi connectivity index (χ0n) is 11.6. The van der Waals surface area contributed by atoms with E-state index < -0.39 is 0 Å². The SMILES string of the molecule is CN=C(NCCC1CC1)NC(C)c1ccc(Cl)cc1. The fourth-order valence-corrected chi connectivity index (χ4v) is 2.16. The van der Waals surface area contributed by atoms with Crippen LogP contribution in [0.15, 0.2) is 29.3 Å². The highest BCUT2D eigenvalue weighted by atomic mass is 35.5. The molecule has 1 fully saturated rings. The summed E-state index contributed by atoms with van der Waals surface area (Å²) < 4.78 is 0. The Labute approximate surface area is 120 Å². The van der Waals surface area contributed by atoms with Crippen LogP contribution in [-0.2, 0) is 0 Å². The minimum absolute atomic E-state index is 0.212. The first kappa shape index (κ1) is 14.2. The van der Waals surface area contributed by atoms with Crippen molar-refractivity contribution in [2.45, 2.75) is 32.2 Å². The van der Waals surface area contributed by atoms with Crippen molar-refractivity contribution in [2.75, 3.05) is 13.6 Å². The van der Waals surface area contributed by atoms with Gasteiger partial charge >= 0.3 is 0 Å². The number of halogens is 1. The van der Waals surface area contributed by atoms with E-state index in [1.54, 1.807) is 7.05 Å². The molecule has 0 bridgehead atoms. The first-order valence-corrected chi connectivity index (χ1v) is 7.29. The third-order valence-electron chi connectivity index (χ3n) is 3.49. The Hall–Kier alpha value is -1.22. The lowest BCUT2D eigenvalue weighted by Gasteiger charge is -2.18. The maximum atomic E-state index is 5.90. The second-order valence-electron chi connectivity index (χ2n) is 5.15. The maximum absolute atomic E-state index is 5.90. The topological polar surface area (TPSA) is 36.4 Å². The van der Waals surface area contributed by atoms with Gasteiger partial charge in [-0.25, -0.2) is 0 Å². The summed E-state index contributed by atoms with van der Waals surface area (Å²) in [6.45, 7) is 3.12. The van der Waals surface area contributed by atoms with Crippen LogP contribution in [0.2, 0.25) is 5.02 Å². The Bertz CT molecular complexity index is 424. The van der Waals surface area contributed by atoms with Crippen LogP contribution in [0, 0.1) is 5.92 Å². The quantitative estimate of drug-likeness (QED) is 0.640. The molecule has 1 atom stereocenters. The lowest BCUT2D eigenvalue weighted by Crippen LogP contribution is -2.39. The van der Waals surface area contributed by atoms with Crippen molar-refractivity contribution < 1.29 is 0 Å². The Morgan fingerprint density at radius 2 is 2.05 bits per heavy atom. The van der Waals surface area contributed by atoms with Gasteiger partial charge in [-0.3, -0.25) is 4.99 Å². The predicted molar refractivity (Wildman–Crippen MR) is 81.7 cm³/mol. The monoisotopic (exact) mass is 279 g/mol. The Morgan fingerprint density at radius 1 is 1.37 bits per heavy atom. The third kappa shape index (κ3) is 4.75. The molecule has 4 heteroatoms. The van der Waals surface area contributed by atoms with Gasteiger partial charge in [-0.05, 0) is 37.0 Å². The summed E-state index contributed by atoms with van der Waals surface area (Å²) in [6.07, 6.45) is 4.04. The molecule has 2 rings (SSSR count). The van der Waals surface area contributed by atoms with Gasteiger partial charge in [0.1, 0.15) is 0 Å². The molecule has 1 aliphatic rings. The van der Waals surface area contributed by atoms with Crippen molar-refractivity contribution in [3.8, 4) is 0 Å². The minimum atomic E-state index is 0.212. The van der Waals surface area contributed by atoms with Crippen LogP contribution in [0.5, 0.6) is 0 Å². The Kier molecular flexibility index (Phi) is 5.08. The number of nitrogens with zero attached hydrogens (tertiary/aromatic N) is 1. The largest absolute Gasteiger partial charge is 0.356 e. The van der Waals surface area contributed by atoms with Gasteiger partial charge in [0.05, 0.1) is 6.04 Å². The van der Waals surface area contributed by atoms with E-state index in [1.165, 1.54) is 24.8 Å². The second kappa shape index (κ2) is 6.80. The van der Waals surface area contributed by atoms with E-state index in [4.69, 9.17) is 11.6 Å². The van der Waals surface area contributed by atoms with Crippen LogP contribution in [0.4, 0.5) is 0 Å². The number of hydrogen-bond donors (Lipinski definition) is 2. The molecular weight excluding hydrogens is 258 g/mol. The van der Waals surface area contributed by atoms with Crippen molar-refractivity contribution >= 4 is 17.6 Å². The molecule has 0 spiro atoms. The molecule has 19 heavy (non-hydrogen) atoms. The molecular formula is C15H22ClN3. The summed E-state index contributed by atoms with van der Waals surface area (Å²) in [5.41, 5.74) is 1.20. The molecule has 0 radical (unpaired) electrons. The molecule has 0 heterocycles. The van der Waals surface area contributed by atoms with Gasteiger partial charge in [0.2, 0.25) is 0 Å². The fourth-order valence-electron chi connectivity index (χ4n) is 2.04. The smallest absolute Gasteiger partial charge is 0.191 e. The molecule has 0 aromatic heterocycles. The summed E-state index contributed by atoms with van der Waals surface area (Å²) in [6, 6.07) is 8.12. The van der Waals surface area contributed by atoms with Crippen LogP contribution in [0.3, 0.4) is 0 Å². The number of benzene rings is 1. The van der Waals surface area contributed by atoms with Gasteiger partial charge in [0.15, 0.2) is 5.96 Å². The second-order valence-corrected chi connectivity index (χ2v) is 5.59. The standard InChI is InChI=1S/C15H22ClN3/c1-11(13-5-7-14(16)8-6-13)19-15(17-2)18-10-9-12-3-4-12/h5-8,11-12H,3-4,9-10H2,1-2H3,(H2,17,18,19). The number of guanidine groups is 1. The Balaban J connectivity index is 1.80. The molecule has 1 unspecified atom stereocenters. The average Bonchev–Trinajstić information content (AvgIpc) is 3.22. The molecule has 1 saturated carbocycles. The van der Waals surface area contributed by atoms with Crippen molar-refractivity contribution in [1.82, 2.24) is 10.6 Å². The van der Waals surface area contributed by atoms with Crippen molar-refractivity contribution in [1.29, 1.82) is 0 Å². The molecule has 104 valence electrons. The van der Waals surface area contributed by atoms with Gasteiger partial charge in [-0.15, -0.1) is 0 Å². The first-order valence-electron chi connectivity index (χ1n) is 6.91. The van der Waals surface area contributed by atoms with Gasteiger partial charge in [-0.2, -0.15) is 0 Å². The summed E-state index contributed by atoms with van der Waals surface area (Å²) in [4.78, 5) is 4.26. The van der Waals surface area contributed by atoms with Gasteiger partial charge in [0.25, 0.3) is 0 Å².